The van der Waals surface area contributed by atoms with Crippen LogP contribution < -0.4 is 16.0 Å². The minimum atomic E-state index is -0.891. The molecule has 4 rings (SSSR count). The van der Waals surface area contributed by atoms with Crippen LogP contribution in [0.1, 0.15) is 62.6 Å². The van der Waals surface area contributed by atoms with E-state index in [-0.39, 0.29) is 32.2 Å². The zero-order valence-electron chi connectivity index (χ0n) is 28.1. The van der Waals surface area contributed by atoms with Gasteiger partial charge in [0.25, 0.3) is 0 Å². The Hall–Kier alpha value is -5.06. The van der Waals surface area contributed by atoms with Crippen molar-refractivity contribution in [2.75, 3.05) is 33.3 Å². The molecule has 11 heteroatoms. The first-order valence-corrected chi connectivity index (χ1v) is 16.3. The molecule has 1 atom stereocenters. The number of carbonyl (C=O) groups excluding carboxylic acids is 4. The van der Waals surface area contributed by atoms with Crippen LogP contribution in [-0.2, 0) is 25.6 Å². The number of amides is 4. The maximum atomic E-state index is 13.3. The van der Waals surface area contributed by atoms with Crippen molar-refractivity contribution in [1.29, 1.82) is 0 Å². The number of rotatable bonds is 14. The van der Waals surface area contributed by atoms with Crippen molar-refractivity contribution >= 4 is 24.2 Å². The van der Waals surface area contributed by atoms with Gasteiger partial charge in [0.05, 0.1) is 0 Å². The van der Waals surface area contributed by atoms with E-state index in [4.69, 9.17) is 14.2 Å². The van der Waals surface area contributed by atoms with Crippen LogP contribution >= 0.6 is 0 Å². The van der Waals surface area contributed by atoms with Gasteiger partial charge in [0.2, 0.25) is 5.91 Å². The zero-order chi connectivity index (χ0) is 34.5. The third-order valence-electron chi connectivity index (χ3n) is 7.80. The number of nitrogens with zero attached hydrogens (tertiary/aromatic N) is 1. The number of ether oxygens (including phenoxy) is 3. The summed E-state index contributed by atoms with van der Waals surface area (Å²) in [5, 5.41) is 8.24. The first-order chi connectivity index (χ1) is 23.0. The number of benzene rings is 3. The Morgan fingerprint density at radius 1 is 0.771 bits per heavy atom. The van der Waals surface area contributed by atoms with E-state index in [1.807, 2.05) is 66.7 Å². The fraction of sp³-hybridized carbons (Fsp3) is 0.405. The van der Waals surface area contributed by atoms with Crippen molar-refractivity contribution in [1.82, 2.24) is 20.9 Å². The normalized spacial score (nSPS) is 12.6. The molecule has 3 aromatic rings. The highest BCUT2D eigenvalue weighted by molar-refractivity contribution is 5.85. The fourth-order valence-electron chi connectivity index (χ4n) is 5.42. The molecule has 0 aromatic heterocycles. The number of alkyl carbamates (subject to hydrolysis) is 2. The molecule has 0 bridgehead atoms. The molecule has 0 saturated carbocycles. The lowest BCUT2D eigenvalue weighted by Gasteiger charge is -2.21. The predicted molar refractivity (Wildman–Crippen MR) is 182 cm³/mol. The van der Waals surface area contributed by atoms with Gasteiger partial charge in [-0.15, -0.1) is 0 Å². The molecular formula is C37H46N4O7. The van der Waals surface area contributed by atoms with Crippen molar-refractivity contribution in [2.24, 2.45) is 0 Å². The second-order valence-corrected chi connectivity index (χ2v) is 12.7. The first kappa shape index (κ1) is 35.8. The van der Waals surface area contributed by atoms with Crippen molar-refractivity contribution in [2.45, 2.75) is 64.2 Å². The second kappa shape index (κ2) is 17.2. The highest BCUT2D eigenvalue weighted by Crippen LogP contribution is 2.44. The zero-order valence-corrected chi connectivity index (χ0v) is 28.1. The number of hydrogen-bond donors (Lipinski definition) is 3. The lowest BCUT2D eigenvalue weighted by molar-refractivity contribution is -0.123. The number of nitrogens with one attached hydrogen (secondary N) is 3. The molecule has 0 fully saturated rings. The van der Waals surface area contributed by atoms with E-state index in [0.717, 1.165) is 27.8 Å². The van der Waals surface area contributed by atoms with E-state index in [1.54, 1.807) is 27.8 Å². The molecule has 4 amide bonds. The predicted octanol–water partition coefficient (Wildman–Crippen LogP) is 5.97. The van der Waals surface area contributed by atoms with Crippen LogP contribution in [0.2, 0.25) is 0 Å². The minimum Gasteiger partial charge on any atom is -0.449 e. The topological polar surface area (TPSA) is 135 Å². The summed E-state index contributed by atoms with van der Waals surface area (Å²) in [6, 6.07) is 24.6. The molecule has 0 saturated heterocycles. The van der Waals surface area contributed by atoms with Gasteiger partial charge in [0.15, 0.2) is 0 Å². The Morgan fingerprint density at radius 2 is 1.40 bits per heavy atom. The van der Waals surface area contributed by atoms with Crippen LogP contribution in [0, 0.1) is 0 Å². The third-order valence-corrected chi connectivity index (χ3v) is 7.80. The quantitative estimate of drug-likeness (QED) is 0.143. The number of likely N-dealkylation sites (N-methyl/N-ethyl adjacent to an activating group) is 1. The summed E-state index contributed by atoms with van der Waals surface area (Å²) in [6.07, 6.45) is -0.334. The first-order valence-electron chi connectivity index (χ1n) is 16.3. The van der Waals surface area contributed by atoms with E-state index in [2.05, 4.69) is 28.1 Å². The summed E-state index contributed by atoms with van der Waals surface area (Å²) >= 11 is 0. The standard InChI is InChI=1S/C37H46N4O7/c1-37(2,3)48-34(43)39-21-13-12-20-32(33(42)38-22-23-41(4)36(45)47-24-26-14-6-5-7-15-26)40-35(44)46-25-31-29-18-10-8-16-27(29)28-17-9-11-19-30(28)31/h5-11,14-19,31-32H,12-13,20-25H2,1-4H3,(H,38,42)(H,39,43)(H,40,44)/t32-/m0/s1. The summed E-state index contributed by atoms with van der Waals surface area (Å²) in [5.41, 5.74) is 4.68. The molecule has 3 aromatic carbocycles. The summed E-state index contributed by atoms with van der Waals surface area (Å²) in [4.78, 5) is 52.1. The van der Waals surface area contributed by atoms with E-state index in [9.17, 15) is 19.2 Å². The highest BCUT2D eigenvalue weighted by atomic mass is 16.6. The largest absolute Gasteiger partial charge is 0.449 e. The molecule has 256 valence electrons. The molecule has 0 unspecified atom stereocenters. The van der Waals surface area contributed by atoms with Gasteiger partial charge in [0.1, 0.15) is 24.9 Å². The minimum absolute atomic E-state index is 0.115. The highest BCUT2D eigenvalue weighted by Gasteiger charge is 2.30. The van der Waals surface area contributed by atoms with Crippen LogP contribution in [-0.4, -0.2) is 74.0 Å². The average Bonchev–Trinajstić information content (AvgIpc) is 3.38. The maximum absolute atomic E-state index is 13.3. The van der Waals surface area contributed by atoms with Crippen molar-refractivity contribution in [3.05, 3.63) is 95.6 Å². The Morgan fingerprint density at radius 3 is 2.04 bits per heavy atom. The van der Waals surface area contributed by atoms with Gasteiger partial charge < -0.3 is 35.1 Å². The van der Waals surface area contributed by atoms with Crippen LogP contribution in [0.5, 0.6) is 0 Å². The van der Waals surface area contributed by atoms with Gasteiger partial charge in [-0.3, -0.25) is 4.79 Å². The lowest BCUT2D eigenvalue weighted by atomic mass is 9.98. The number of carbonyl (C=O) groups is 4. The van der Waals surface area contributed by atoms with E-state index >= 15 is 0 Å². The van der Waals surface area contributed by atoms with Gasteiger partial charge in [-0.1, -0.05) is 78.9 Å². The van der Waals surface area contributed by atoms with Gasteiger partial charge in [-0.05, 0) is 67.9 Å². The summed E-state index contributed by atoms with van der Waals surface area (Å²) in [7, 11) is 1.59. The van der Waals surface area contributed by atoms with Crippen molar-refractivity contribution in [3.8, 4) is 11.1 Å². The average molecular weight is 659 g/mol. The molecule has 0 heterocycles. The van der Waals surface area contributed by atoms with E-state index < -0.39 is 35.8 Å². The molecule has 0 aliphatic heterocycles. The monoisotopic (exact) mass is 658 g/mol. The summed E-state index contributed by atoms with van der Waals surface area (Å²) < 4.78 is 16.3. The number of unbranched alkanes of at least 4 members (excludes halogenated alkanes) is 1. The molecule has 48 heavy (non-hydrogen) atoms. The fourth-order valence-corrected chi connectivity index (χ4v) is 5.42. The van der Waals surface area contributed by atoms with Crippen molar-refractivity contribution < 1.29 is 33.4 Å². The van der Waals surface area contributed by atoms with Gasteiger partial charge in [-0.2, -0.15) is 0 Å². The van der Waals surface area contributed by atoms with Crippen LogP contribution in [0.25, 0.3) is 11.1 Å². The maximum Gasteiger partial charge on any atom is 0.409 e. The smallest absolute Gasteiger partial charge is 0.409 e. The summed E-state index contributed by atoms with van der Waals surface area (Å²) in [5.74, 6) is -0.527. The molecule has 1 aliphatic rings. The van der Waals surface area contributed by atoms with Gasteiger partial charge >= 0.3 is 18.3 Å². The lowest BCUT2D eigenvalue weighted by Crippen LogP contribution is -2.48. The van der Waals surface area contributed by atoms with Crippen molar-refractivity contribution in [3.63, 3.8) is 0 Å². The molecule has 3 N–H and O–H groups in total. The Bertz CT molecular complexity index is 1490. The van der Waals surface area contributed by atoms with Crippen LogP contribution in [0.3, 0.4) is 0 Å². The SMILES string of the molecule is CN(CCNC(=O)[C@H](CCCCNC(=O)OC(C)(C)C)NC(=O)OCC1c2ccccc2-c2ccccc21)C(=O)OCc1ccccc1. The number of fused-ring (bicyclic) bond motifs is 3. The molecule has 0 radical (unpaired) electrons. The Balaban J connectivity index is 1.29. The van der Waals surface area contributed by atoms with Crippen LogP contribution in [0.15, 0.2) is 78.9 Å². The van der Waals surface area contributed by atoms with E-state index in [0.29, 0.717) is 25.8 Å². The van der Waals surface area contributed by atoms with Gasteiger partial charge in [-0.25, -0.2) is 14.4 Å². The second-order valence-electron chi connectivity index (χ2n) is 12.7. The molecule has 1 aliphatic carbocycles. The summed E-state index contributed by atoms with van der Waals surface area (Å²) in [6.45, 7) is 6.33. The van der Waals surface area contributed by atoms with E-state index in [1.165, 1.54) is 4.90 Å². The molecular weight excluding hydrogens is 612 g/mol. The van der Waals surface area contributed by atoms with Gasteiger partial charge in [0, 0.05) is 32.6 Å². The third kappa shape index (κ3) is 10.8. The van der Waals surface area contributed by atoms with Crippen LogP contribution in [0.4, 0.5) is 14.4 Å². The Labute approximate surface area is 282 Å². The number of hydrogen-bond acceptors (Lipinski definition) is 7. The molecule has 0 spiro atoms. The molecule has 11 nitrogen and oxygen atoms in total. The Kier molecular flexibility index (Phi) is 12.8.